The first-order valence-electron chi connectivity index (χ1n) is 4.90. The Balaban J connectivity index is -0.000000166. The van der Waals surface area contributed by atoms with E-state index < -0.39 is 17.9 Å². The molecule has 0 aliphatic heterocycles. The fourth-order valence-corrected chi connectivity index (χ4v) is 0.328. The van der Waals surface area contributed by atoms with Crippen molar-refractivity contribution in [3.63, 3.8) is 0 Å². The maximum atomic E-state index is 9.76. The van der Waals surface area contributed by atoms with Crippen LogP contribution in [0.1, 0.15) is 46.5 Å². The van der Waals surface area contributed by atoms with Crippen LogP contribution < -0.4 is 0 Å². The second-order valence-electron chi connectivity index (χ2n) is 2.76. The van der Waals surface area contributed by atoms with Gasteiger partial charge in [-0.05, 0) is 6.42 Å². The summed E-state index contributed by atoms with van der Waals surface area (Å²) in [5, 5.41) is 23.2. The molecule has 0 aliphatic rings. The SMILES string of the molecule is CC(=O)O.CCC(=O)O.CCCCC(=O)O. The Labute approximate surface area is 94.9 Å². The van der Waals surface area contributed by atoms with Crippen LogP contribution in [0.3, 0.4) is 0 Å². The summed E-state index contributed by atoms with van der Waals surface area (Å²) in [6, 6.07) is 0. The molecule has 0 radical (unpaired) electrons. The van der Waals surface area contributed by atoms with Gasteiger partial charge in [-0.15, -0.1) is 0 Å². The van der Waals surface area contributed by atoms with Gasteiger partial charge in [0.05, 0.1) is 0 Å². The summed E-state index contributed by atoms with van der Waals surface area (Å²) in [4.78, 5) is 28.1. The summed E-state index contributed by atoms with van der Waals surface area (Å²) in [7, 11) is 0. The van der Waals surface area contributed by atoms with Gasteiger partial charge < -0.3 is 15.3 Å². The molecule has 0 amide bonds. The summed E-state index contributed by atoms with van der Waals surface area (Å²) in [5.74, 6) is -2.27. The van der Waals surface area contributed by atoms with Crippen molar-refractivity contribution in [3.05, 3.63) is 0 Å². The monoisotopic (exact) mass is 236 g/mol. The van der Waals surface area contributed by atoms with Crippen molar-refractivity contribution in [1.82, 2.24) is 0 Å². The third-order valence-electron chi connectivity index (χ3n) is 1.05. The Bertz CT molecular complexity index is 195. The van der Waals surface area contributed by atoms with Gasteiger partial charge in [0, 0.05) is 19.8 Å². The van der Waals surface area contributed by atoms with Crippen LogP contribution in [0.2, 0.25) is 0 Å². The van der Waals surface area contributed by atoms with E-state index in [1.165, 1.54) is 0 Å². The molecule has 0 saturated carbocycles. The largest absolute Gasteiger partial charge is 0.481 e. The zero-order valence-corrected chi connectivity index (χ0v) is 9.89. The lowest BCUT2D eigenvalue weighted by Crippen LogP contribution is -1.91. The molecule has 0 atom stereocenters. The van der Waals surface area contributed by atoms with Gasteiger partial charge in [0.2, 0.25) is 0 Å². The standard InChI is InChI=1S/C5H10O2.C3H6O2.C2H4O2/c1-2-3-4-5(6)7;1-2-3(4)5;1-2(3)4/h2-4H2,1H3,(H,6,7);2H2,1H3,(H,4,5);1H3,(H,3,4). The number of unbranched alkanes of at least 4 members (excludes halogenated alkanes) is 1. The highest BCUT2D eigenvalue weighted by Crippen LogP contribution is 1.91. The minimum absolute atomic E-state index is 0.222. The number of hydrogen-bond acceptors (Lipinski definition) is 3. The van der Waals surface area contributed by atoms with Gasteiger partial charge in [0.1, 0.15) is 0 Å². The second-order valence-corrected chi connectivity index (χ2v) is 2.76. The zero-order valence-electron chi connectivity index (χ0n) is 9.89. The summed E-state index contributed by atoms with van der Waals surface area (Å²) in [6.45, 7) is 4.66. The molecule has 0 bridgehead atoms. The van der Waals surface area contributed by atoms with Gasteiger partial charge in [0.25, 0.3) is 5.97 Å². The second kappa shape index (κ2) is 15.9. The smallest absolute Gasteiger partial charge is 0.303 e. The fraction of sp³-hybridized carbons (Fsp3) is 0.700. The number of carboxylic acid groups (broad SMARTS) is 3. The van der Waals surface area contributed by atoms with Crippen molar-refractivity contribution < 1.29 is 29.7 Å². The maximum Gasteiger partial charge on any atom is 0.303 e. The summed E-state index contributed by atoms with van der Waals surface area (Å²) in [5.41, 5.74) is 0. The fourth-order valence-electron chi connectivity index (χ4n) is 0.328. The number of hydrogen-bond donors (Lipinski definition) is 3. The predicted octanol–water partition coefficient (Wildman–Crippen LogP) is 1.83. The van der Waals surface area contributed by atoms with Crippen LogP contribution >= 0.6 is 0 Å². The van der Waals surface area contributed by atoms with Crippen LogP contribution in [0.5, 0.6) is 0 Å². The zero-order chi connectivity index (χ0) is 13.6. The quantitative estimate of drug-likeness (QED) is 0.686. The van der Waals surface area contributed by atoms with Crippen LogP contribution in [0.15, 0.2) is 0 Å². The van der Waals surface area contributed by atoms with E-state index in [4.69, 9.17) is 20.1 Å². The molecule has 96 valence electrons. The van der Waals surface area contributed by atoms with E-state index in [0.29, 0.717) is 6.42 Å². The van der Waals surface area contributed by atoms with Crippen molar-refractivity contribution in [2.45, 2.75) is 46.5 Å². The summed E-state index contributed by atoms with van der Waals surface area (Å²) >= 11 is 0. The lowest BCUT2D eigenvalue weighted by molar-refractivity contribution is -0.137. The number of aliphatic carboxylic acids is 3. The van der Waals surface area contributed by atoms with Crippen molar-refractivity contribution in [1.29, 1.82) is 0 Å². The lowest BCUT2D eigenvalue weighted by Gasteiger charge is -1.85. The molecule has 0 unspecified atom stereocenters. The van der Waals surface area contributed by atoms with E-state index in [1.54, 1.807) is 6.92 Å². The normalized spacial score (nSPS) is 7.69. The van der Waals surface area contributed by atoms with Gasteiger partial charge in [-0.2, -0.15) is 0 Å². The topological polar surface area (TPSA) is 112 Å². The Hall–Kier alpha value is -1.59. The van der Waals surface area contributed by atoms with E-state index in [0.717, 1.165) is 19.8 Å². The van der Waals surface area contributed by atoms with Crippen molar-refractivity contribution in [2.75, 3.05) is 0 Å². The third kappa shape index (κ3) is 83.1. The van der Waals surface area contributed by atoms with Crippen molar-refractivity contribution >= 4 is 17.9 Å². The molecule has 0 heterocycles. The molecule has 0 aromatic heterocycles. The Kier molecular flexibility index (Phi) is 19.7. The van der Waals surface area contributed by atoms with Gasteiger partial charge >= 0.3 is 11.9 Å². The van der Waals surface area contributed by atoms with Gasteiger partial charge in [0.15, 0.2) is 0 Å². The molecule has 0 aliphatic carbocycles. The minimum Gasteiger partial charge on any atom is -0.481 e. The summed E-state index contributed by atoms with van der Waals surface area (Å²) < 4.78 is 0. The Morgan fingerprint density at radius 1 is 0.938 bits per heavy atom. The van der Waals surface area contributed by atoms with Crippen LogP contribution in [0, 0.1) is 0 Å². The van der Waals surface area contributed by atoms with E-state index in [1.807, 2.05) is 6.92 Å². The molecular weight excluding hydrogens is 216 g/mol. The molecule has 0 spiro atoms. The molecule has 0 rings (SSSR count). The van der Waals surface area contributed by atoms with Crippen LogP contribution in [-0.4, -0.2) is 33.2 Å². The van der Waals surface area contributed by atoms with Crippen molar-refractivity contribution in [2.24, 2.45) is 0 Å². The van der Waals surface area contributed by atoms with Crippen LogP contribution in [-0.2, 0) is 14.4 Å². The number of carboxylic acids is 3. The first kappa shape index (κ1) is 19.9. The molecule has 16 heavy (non-hydrogen) atoms. The van der Waals surface area contributed by atoms with Crippen LogP contribution in [0.4, 0.5) is 0 Å². The van der Waals surface area contributed by atoms with Gasteiger partial charge in [-0.3, -0.25) is 14.4 Å². The first-order chi connectivity index (χ1) is 7.27. The molecule has 6 nitrogen and oxygen atoms in total. The Morgan fingerprint density at radius 2 is 1.25 bits per heavy atom. The maximum absolute atomic E-state index is 9.76. The van der Waals surface area contributed by atoms with E-state index >= 15 is 0 Å². The first-order valence-corrected chi connectivity index (χ1v) is 4.90. The summed E-state index contributed by atoms with van der Waals surface area (Å²) in [6.07, 6.45) is 2.30. The molecule has 0 saturated heterocycles. The van der Waals surface area contributed by atoms with E-state index in [-0.39, 0.29) is 6.42 Å². The molecule has 6 heteroatoms. The molecule has 3 N–H and O–H groups in total. The predicted molar refractivity (Wildman–Crippen MR) is 58.4 cm³/mol. The molecule has 0 fully saturated rings. The number of carbonyl (C=O) groups is 3. The number of rotatable bonds is 4. The average Bonchev–Trinajstić information content (AvgIpc) is 2.14. The van der Waals surface area contributed by atoms with Crippen LogP contribution in [0.25, 0.3) is 0 Å². The average molecular weight is 236 g/mol. The minimum atomic E-state index is -0.833. The highest BCUT2D eigenvalue weighted by molar-refractivity contribution is 5.66. The highest BCUT2D eigenvalue weighted by Gasteiger charge is 1.90. The van der Waals surface area contributed by atoms with E-state index in [2.05, 4.69) is 0 Å². The third-order valence-corrected chi connectivity index (χ3v) is 1.05. The van der Waals surface area contributed by atoms with E-state index in [9.17, 15) is 9.59 Å². The molecule has 0 aromatic rings. The van der Waals surface area contributed by atoms with Gasteiger partial charge in [-0.1, -0.05) is 20.3 Å². The Morgan fingerprint density at radius 3 is 1.31 bits per heavy atom. The molecule has 0 aromatic carbocycles. The van der Waals surface area contributed by atoms with Crippen molar-refractivity contribution in [3.8, 4) is 0 Å². The van der Waals surface area contributed by atoms with Gasteiger partial charge in [-0.25, -0.2) is 0 Å². The lowest BCUT2D eigenvalue weighted by atomic mass is 10.3. The highest BCUT2D eigenvalue weighted by atomic mass is 16.4. The molecular formula is C10H20O6.